The molecule has 0 aliphatic carbocycles. The van der Waals surface area contributed by atoms with Gasteiger partial charge in [0.05, 0.1) is 5.56 Å². The van der Waals surface area contributed by atoms with Crippen LogP contribution in [0.1, 0.15) is 42.5 Å². The maximum absolute atomic E-state index is 2.46. The number of nitrogens with zero attached hydrogens (tertiary/aromatic N) is 1. The minimum atomic E-state index is 0.522. The van der Waals surface area contributed by atoms with E-state index in [1.165, 1.54) is 27.9 Å². The molecule has 0 saturated heterocycles. The topological polar surface area (TPSA) is 3.88 Å². The van der Waals surface area contributed by atoms with Gasteiger partial charge in [-0.15, -0.1) is 0 Å². The zero-order valence-corrected chi connectivity index (χ0v) is 11.6. The van der Waals surface area contributed by atoms with Crippen LogP contribution < -0.4 is 4.57 Å². The summed E-state index contributed by atoms with van der Waals surface area (Å²) >= 11 is 0. The Hall–Kier alpha value is -1.63. The molecule has 0 spiro atoms. The summed E-state index contributed by atoms with van der Waals surface area (Å²) < 4.78 is 2.46. The van der Waals surface area contributed by atoms with E-state index in [4.69, 9.17) is 0 Å². The Morgan fingerprint density at radius 2 is 1.78 bits per heavy atom. The van der Waals surface area contributed by atoms with E-state index in [-0.39, 0.29) is 0 Å². The lowest BCUT2D eigenvalue weighted by molar-refractivity contribution is -0.714. The van der Waals surface area contributed by atoms with Crippen molar-refractivity contribution in [1.82, 2.24) is 0 Å². The number of fused-ring (bicyclic) bond motifs is 3. The maximum atomic E-state index is 2.46. The lowest BCUT2D eigenvalue weighted by Gasteiger charge is -2.27. The fraction of sp³-hybridized carbons (Fsp3) is 0.353. The number of hydrogen-bond acceptors (Lipinski definition) is 0. The van der Waals surface area contributed by atoms with Crippen molar-refractivity contribution in [3.8, 4) is 11.3 Å². The SMILES string of the molecule is Cc1cc(C)c2[n+](c1)C(C)C(C)c1ccccc1-2. The summed E-state index contributed by atoms with van der Waals surface area (Å²) in [7, 11) is 0. The number of hydrogen-bond donors (Lipinski definition) is 0. The summed E-state index contributed by atoms with van der Waals surface area (Å²) in [6.45, 7) is 9.05. The zero-order valence-electron chi connectivity index (χ0n) is 11.6. The predicted octanol–water partition coefficient (Wildman–Crippen LogP) is 3.94. The minimum absolute atomic E-state index is 0.522. The van der Waals surface area contributed by atoms with Gasteiger partial charge in [-0.3, -0.25) is 0 Å². The molecule has 1 nitrogen and oxygen atoms in total. The molecule has 0 radical (unpaired) electrons. The Balaban J connectivity index is 2.37. The Bertz CT molecular complexity index is 613. The summed E-state index contributed by atoms with van der Waals surface area (Å²) in [6, 6.07) is 11.6. The van der Waals surface area contributed by atoms with Crippen molar-refractivity contribution < 1.29 is 4.57 Å². The van der Waals surface area contributed by atoms with E-state index < -0.39 is 0 Å². The molecule has 2 atom stereocenters. The van der Waals surface area contributed by atoms with Gasteiger partial charge in [0.15, 0.2) is 12.2 Å². The molecule has 18 heavy (non-hydrogen) atoms. The highest BCUT2D eigenvalue weighted by Crippen LogP contribution is 2.38. The average molecular weight is 238 g/mol. The Morgan fingerprint density at radius 3 is 2.56 bits per heavy atom. The Morgan fingerprint density at radius 1 is 1.06 bits per heavy atom. The molecule has 0 fully saturated rings. The predicted molar refractivity (Wildman–Crippen MR) is 74.7 cm³/mol. The smallest absolute Gasteiger partial charge is 0.195 e. The molecule has 1 heteroatoms. The Kier molecular flexibility index (Phi) is 2.51. The third-order valence-electron chi connectivity index (χ3n) is 4.29. The van der Waals surface area contributed by atoms with Crippen LogP contribution in [0.3, 0.4) is 0 Å². The molecule has 0 N–H and O–H groups in total. The first-order chi connectivity index (χ1) is 8.59. The van der Waals surface area contributed by atoms with Gasteiger partial charge in [0.2, 0.25) is 5.69 Å². The van der Waals surface area contributed by atoms with Crippen molar-refractivity contribution in [2.45, 2.75) is 39.7 Å². The van der Waals surface area contributed by atoms with Crippen LogP contribution in [0.4, 0.5) is 0 Å². The van der Waals surface area contributed by atoms with Crippen LogP contribution in [0.5, 0.6) is 0 Å². The van der Waals surface area contributed by atoms with Gasteiger partial charge in [0.25, 0.3) is 0 Å². The van der Waals surface area contributed by atoms with Crippen LogP contribution in [-0.2, 0) is 0 Å². The highest BCUT2D eigenvalue weighted by Gasteiger charge is 2.35. The van der Waals surface area contributed by atoms with E-state index >= 15 is 0 Å². The molecule has 92 valence electrons. The summed E-state index contributed by atoms with van der Waals surface area (Å²) in [5.41, 5.74) is 7.00. The first kappa shape index (κ1) is 11.5. The van der Waals surface area contributed by atoms with Gasteiger partial charge in [0.1, 0.15) is 0 Å². The maximum Gasteiger partial charge on any atom is 0.215 e. The van der Waals surface area contributed by atoms with Crippen LogP contribution in [0.2, 0.25) is 0 Å². The van der Waals surface area contributed by atoms with Crippen molar-refractivity contribution in [1.29, 1.82) is 0 Å². The summed E-state index contributed by atoms with van der Waals surface area (Å²) in [6.07, 6.45) is 2.29. The number of pyridine rings is 1. The molecule has 0 bridgehead atoms. The third-order valence-corrected chi connectivity index (χ3v) is 4.29. The first-order valence-corrected chi connectivity index (χ1v) is 6.71. The second-order valence-corrected chi connectivity index (χ2v) is 5.57. The van der Waals surface area contributed by atoms with E-state index in [1.807, 2.05) is 0 Å². The molecule has 2 aromatic rings. The number of aromatic nitrogens is 1. The van der Waals surface area contributed by atoms with E-state index in [0.717, 1.165) is 0 Å². The fourth-order valence-electron chi connectivity index (χ4n) is 3.22. The number of benzene rings is 1. The highest BCUT2D eigenvalue weighted by atomic mass is 15.0. The molecular formula is C17H20N+. The molecule has 2 unspecified atom stereocenters. The normalized spacial score (nSPS) is 21.3. The van der Waals surface area contributed by atoms with Gasteiger partial charge in [-0.05, 0) is 38.5 Å². The van der Waals surface area contributed by atoms with Crippen molar-refractivity contribution in [2.75, 3.05) is 0 Å². The number of rotatable bonds is 0. The van der Waals surface area contributed by atoms with Gasteiger partial charge in [-0.25, -0.2) is 0 Å². The second kappa shape index (κ2) is 3.94. The number of aryl methyl sites for hydroxylation is 2. The molecule has 1 aliphatic rings. The van der Waals surface area contributed by atoms with Crippen LogP contribution in [0, 0.1) is 13.8 Å². The average Bonchev–Trinajstić information content (AvgIpc) is 2.35. The molecule has 1 aliphatic heterocycles. The van der Waals surface area contributed by atoms with E-state index in [9.17, 15) is 0 Å². The van der Waals surface area contributed by atoms with Crippen molar-refractivity contribution in [3.05, 3.63) is 53.2 Å². The molecule has 0 amide bonds. The third kappa shape index (κ3) is 1.50. The standard InChI is InChI=1S/C17H20N/c1-11-9-12(2)17-16-8-6-5-7-15(16)13(3)14(4)18(17)10-11/h5-10,13-14H,1-4H3/q+1. The molecule has 0 saturated carbocycles. The van der Waals surface area contributed by atoms with Crippen molar-refractivity contribution >= 4 is 0 Å². The molecule has 3 rings (SSSR count). The minimum Gasteiger partial charge on any atom is -0.195 e. The lowest BCUT2D eigenvalue weighted by atomic mass is 9.83. The van der Waals surface area contributed by atoms with Crippen molar-refractivity contribution in [2.24, 2.45) is 0 Å². The van der Waals surface area contributed by atoms with E-state index in [2.05, 4.69) is 68.8 Å². The van der Waals surface area contributed by atoms with Crippen LogP contribution >= 0.6 is 0 Å². The van der Waals surface area contributed by atoms with Gasteiger partial charge >= 0.3 is 0 Å². The van der Waals surface area contributed by atoms with E-state index in [1.54, 1.807) is 0 Å². The lowest BCUT2D eigenvalue weighted by Crippen LogP contribution is -2.46. The monoisotopic (exact) mass is 238 g/mol. The molecule has 1 aromatic heterocycles. The van der Waals surface area contributed by atoms with Gasteiger partial charge in [-0.2, -0.15) is 4.57 Å². The Labute approximate surface area is 109 Å². The van der Waals surface area contributed by atoms with Gasteiger partial charge in [-0.1, -0.05) is 25.1 Å². The fourth-order valence-corrected chi connectivity index (χ4v) is 3.22. The van der Waals surface area contributed by atoms with Crippen LogP contribution in [0.25, 0.3) is 11.3 Å². The summed E-state index contributed by atoms with van der Waals surface area (Å²) in [4.78, 5) is 0. The zero-order chi connectivity index (χ0) is 12.9. The van der Waals surface area contributed by atoms with E-state index in [0.29, 0.717) is 12.0 Å². The largest absolute Gasteiger partial charge is 0.215 e. The molecular weight excluding hydrogens is 218 g/mol. The first-order valence-electron chi connectivity index (χ1n) is 6.71. The highest BCUT2D eigenvalue weighted by molar-refractivity contribution is 5.66. The quantitative estimate of drug-likeness (QED) is 0.612. The molecule has 1 aromatic carbocycles. The van der Waals surface area contributed by atoms with Gasteiger partial charge in [0, 0.05) is 17.0 Å². The van der Waals surface area contributed by atoms with Crippen LogP contribution in [-0.4, -0.2) is 0 Å². The summed E-state index contributed by atoms with van der Waals surface area (Å²) in [5.74, 6) is 0.569. The molecule has 2 heterocycles. The second-order valence-electron chi connectivity index (χ2n) is 5.57. The van der Waals surface area contributed by atoms with Crippen molar-refractivity contribution in [3.63, 3.8) is 0 Å². The van der Waals surface area contributed by atoms with Gasteiger partial charge < -0.3 is 0 Å². The van der Waals surface area contributed by atoms with Crippen LogP contribution in [0.15, 0.2) is 36.5 Å². The summed E-state index contributed by atoms with van der Waals surface area (Å²) in [5, 5.41) is 0.